The van der Waals surface area contributed by atoms with Crippen LogP contribution in [0.2, 0.25) is 0 Å². The molecule has 1 atom stereocenters. The van der Waals surface area contributed by atoms with E-state index in [0.29, 0.717) is 12.1 Å². The topological polar surface area (TPSA) is 110 Å². The SMILES string of the molecule is CCCc1nn(C)c(NC(C(=O)O)C(C)C)c1[N+](=O)[O-]. The summed E-state index contributed by atoms with van der Waals surface area (Å²) in [7, 11) is 1.56. The van der Waals surface area contributed by atoms with Gasteiger partial charge in [-0.05, 0) is 12.3 Å². The van der Waals surface area contributed by atoms with E-state index in [1.54, 1.807) is 20.9 Å². The van der Waals surface area contributed by atoms with Crippen molar-refractivity contribution in [3.05, 3.63) is 15.8 Å². The molecule has 112 valence electrons. The number of carboxylic acid groups (broad SMARTS) is 1. The van der Waals surface area contributed by atoms with Gasteiger partial charge in [0.05, 0.1) is 4.92 Å². The molecule has 0 saturated heterocycles. The van der Waals surface area contributed by atoms with Gasteiger partial charge in [-0.2, -0.15) is 5.10 Å². The van der Waals surface area contributed by atoms with Crippen molar-refractivity contribution in [2.75, 3.05) is 5.32 Å². The van der Waals surface area contributed by atoms with Crippen LogP contribution in [0.15, 0.2) is 0 Å². The highest BCUT2D eigenvalue weighted by atomic mass is 16.6. The van der Waals surface area contributed by atoms with Crippen LogP contribution in [-0.2, 0) is 18.3 Å². The van der Waals surface area contributed by atoms with Gasteiger partial charge in [-0.3, -0.25) is 10.1 Å². The van der Waals surface area contributed by atoms with Crippen LogP contribution in [0.25, 0.3) is 0 Å². The normalized spacial score (nSPS) is 12.4. The minimum atomic E-state index is -1.05. The Morgan fingerprint density at radius 2 is 2.15 bits per heavy atom. The van der Waals surface area contributed by atoms with Crippen molar-refractivity contribution in [2.45, 2.75) is 39.7 Å². The molecule has 8 heteroatoms. The third-order valence-electron chi connectivity index (χ3n) is 2.99. The van der Waals surface area contributed by atoms with Gasteiger partial charge in [0.15, 0.2) is 0 Å². The molecule has 20 heavy (non-hydrogen) atoms. The number of carboxylic acids is 1. The Morgan fingerprint density at radius 3 is 2.55 bits per heavy atom. The molecule has 0 aliphatic carbocycles. The van der Waals surface area contributed by atoms with Crippen LogP contribution in [0, 0.1) is 16.0 Å². The van der Waals surface area contributed by atoms with Crippen LogP contribution >= 0.6 is 0 Å². The molecule has 1 rings (SSSR count). The summed E-state index contributed by atoms with van der Waals surface area (Å²) in [6.45, 7) is 5.38. The molecule has 2 N–H and O–H groups in total. The molecular weight excluding hydrogens is 264 g/mol. The molecule has 0 spiro atoms. The van der Waals surface area contributed by atoms with Gasteiger partial charge in [0.1, 0.15) is 11.7 Å². The number of carbonyl (C=O) groups is 1. The number of nitro groups is 1. The summed E-state index contributed by atoms with van der Waals surface area (Å²) in [6.07, 6.45) is 1.20. The lowest BCUT2D eigenvalue weighted by Gasteiger charge is -2.18. The Hall–Kier alpha value is -2.12. The van der Waals surface area contributed by atoms with Crippen LogP contribution in [0.1, 0.15) is 32.9 Å². The second-order valence-electron chi connectivity index (χ2n) is 4.98. The van der Waals surface area contributed by atoms with E-state index >= 15 is 0 Å². The van der Waals surface area contributed by atoms with Gasteiger partial charge in [0.2, 0.25) is 5.82 Å². The Kier molecular flexibility index (Phi) is 5.06. The molecule has 0 saturated carbocycles. The summed E-state index contributed by atoms with van der Waals surface area (Å²) in [5, 5.41) is 27.2. The van der Waals surface area contributed by atoms with Gasteiger partial charge < -0.3 is 10.4 Å². The summed E-state index contributed by atoms with van der Waals surface area (Å²) in [6, 6.07) is -0.904. The zero-order valence-corrected chi connectivity index (χ0v) is 12.1. The number of hydrogen-bond acceptors (Lipinski definition) is 5. The van der Waals surface area contributed by atoms with Crippen LogP contribution in [0.5, 0.6) is 0 Å². The molecule has 0 aromatic carbocycles. The maximum Gasteiger partial charge on any atom is 0.334 e. The molecule has 0 amide bonds. The van der Waals surface area contributed by atoms with E-state index in [9.17, 15) is 20.0 Å². The second-order valence-corrected chi connectivity index (χ2v) is 4.98. The molecule has 0 bridgehead atoms. The number of nitrogens with one attached hydrogen (secondary N) is 1. The van der Waals surface area contributed by atoms with E-state index in [-0.39, 0.29) is 17.4 Å². The van der Waals surface area contributed by atoms with E-state index in [1.807, 2.05) is 6.92 Å². The third kappa shape index (κ3) is 3.25. The Balaban J connectivity index is 3.22. The highest BCUT2D eigenvalue weighted by Crippen LogP contribution is 2.30. The van der Waals surface area contributed by atoms with Crippen molar-refractivity contribution in [1.82, 2.24) is 9.78 Å². The number of aliphatic carboxylic acids is 1. The smallest absolute Gasteiger partial charge is 0.334 e. The zero-order valence-electron chi connectivity index (χ0n) is 12.1. The molecule has 8 nitrogen and oxygen atoms in total. The average Bonchev–Trinajstić information content (AvgIpc) is 2.62. The lowest BCUT2D eigenvalue weighted by atomic mass is 10.0. The summed E-state index contributed by atoms with van der Waals surface area (Å²) in [5.74, 6) is -1.12. The van der Waals surface area contributed by atoms with Gasteiger partial charge in [-0.15, -0.1) is 0 Å². The first-order valence-corrected chi connectivity index (χ1v) is 6.49. The fourth-order valence-electron chi connectivity index (χ4n) is 1.99. The first kappa shape index (κ1) is 15.9. The largest absolute Gasteiger partial charge is 0.480 e. The van der Waals surface area contributed by atoms with Crippen molar-refractivity contribution in [3.63, 3.8) is 0 Å². The van der Waals surface area contributed by atoms with Crippen LogP contribution in [0.3, 0.4) is 0 Å². The van der Waals surface area contributed by atoms with Crippen LogP contribution in [-0.4, -0.2) is 31.8 Å². The molecule has 1 aromatic heterocycles. The standard InChI is InChI=1S/C12H20N4O4/c1-5-6-8-10(16(19)20)11(15(4)14-8)13-9(7(2)3)12(17)18/h7,9,13H,5-6H2,1-4H3,(H,17,18). The monoisotopic (exact) mass is 284 g/mol. The number of rotatable bonds is 7. The van der Waals surface area contributed by atoms with Crippen molar-refractivity contribution in [3.8, 4) is 0 Å². The Morgan fingerprint density at radius 1 is 1.55 bits per heavy atom. The number of anilines is 1. The number of nitrogens with zero attached hydrogens (tertiary/aromatic N) is 3. The van der Waals surface area contributed by atoms with Crippen LogP contribution in [0.4, 0.5) is 11.5 Å². The van der Waals surface area contributed by atoms with Crippen molar-refractivity contribution < 1.29 is 14.8 Å². The predicted octanol–water partition coefficient (Wildman–Crippen LogP) is 1.80. The molecule has 0 fully saturated rings. The fourth-order valence-corrected chi connectivity index (χ4v) is 1.99. The van der Waals surface area contributed by atoms with Crippen molar-refractivity contribution in [2.24, 2.45) is 13.0 Å². The van der Waals surface area contributed by atoms with Crippen molar-refractivity contribution in [1.29, 1.82) is 0 Å². The predicted molar refractivity (Wildman–Crippen MR) is 73.7 cm³/mol. The Bertz CT molecular complexity index is 510. The molecule has 0 aliphatic heterocycles. The number of aromatic nitrogens is 2. The Labute approximate surface area is 116 Å². The van der Waals surface area contributed by atoms with Crippen LogP contribution < -0.4 is 5.32 Å². The minimum absolute atomic E-state index is 0.138. The van der Waals surface area contributed by atoms with Crippen molar-refractivity contribution >= 4 is 17.5 Å². The molecule has 1 unspecified atom stereocenters. The lowest BCUT2D eigenvalue weighted by molar-refractivity contribution is -0.384. The molecule has 1 heterocycles. The summed E-state index contributed by atoms with van der Waals surface area (Å²) in [4.78, 5) is 21.9. The average molecular weight is 284 g/mol. The highest BCUT2D eigenvalue weighted by molar-refractivity contribution is 5.78. The van der Waals surface area contributed by atoms with Gasteiger partial charge in [0.25, 0.3) is 0 Å². The van der Waals surface area contributed by atoms with E-state index in [0.717, 1.165) is 6.42 Å². The summed E-state index contributed by atoms with van der Waals surface area (Å²) in [5.41, 5.74) is 0.233. The maximum atomic E-state index is 11.2. The van der Waals surface area contributed by atoms with Gasteiger partial charge in [-0.25, -0.2) is 9.48 Å². The molecule has 1 aromatic rings. The summed E-state index contributed by atoms with van der Waals surface area (Å²) >= 11 is 0. The lowest BCUT2D eigenvalue weighted by Crippen LogP contribution is -2.35. The van der Waals surface area contributed by atoms with E-state index in [1.165, 1.54) is 4.68 Å². The molecule has 0 aliphatic rings. The van der Waals surface area contributed by atoms with Gasteiger partial charge >= 0.3 is 11.7 Å². The van der Waals surface area contributed by atoms with E-state index in [4.69, 9.17) is 0 Å². The first-order chi connectivity index (χ1) is 9.29. The summed E-state index contributed by atoms with van der Waals surface area (Å²) < 4.78 is 1.33. The third-order valence-corrected chi connectivity index (χ3v) is 2.99. The van der Waals surface area contributed by atoms with E-state index < -0.39 is 16.9 Å². The molecule has 0 radical (unpaired) electrons. The van der Waals surface area contributed by atoms with E-state index in [2.05, 4.69) is 10.4 Å². The molecular formula is C12H20N4O4. The second kappa shape index (κ2) is 6.36. The minimum Gasteiger partial charge on any atom is -0.480 e. The zero-order chi connectivity index (χ0) is 15.4. The fraction of sp³-hybridized carbons (Fsp3) is 0.667. The number of hydrogen-bond donors (Lipinski definition) is 2. The van der Waals surface area contributed by atoms with Gasteiger partial charge in [0, 0.05) is 7.05 Å². The number of aryl methyl sites for hydroxylation is 2. The first-order valence-electron chi connectivity index (χ1n) is 6.49. The highest BCUT2D eigenvalue weighted by Gasteiger charge is 2.30. The van der Waals surface area contributed by atoms with Gasteiger partial charge in [-0.1, -0.05) is 27.2 Å². The maximum absolute atomic E-state index is 11.2. The quantitative estimate of drug-likeness (QED) is 0.583.